The van der Waals surface area contributed by atoms with Gasteiger partial charge in [0.2, 0.25) is 0 Å². The van der Waals surface area contributed by atoms with Gasteiger partial charge in [0.15, 0.2) is 0 Å². The topological polar surface area (TPSA) is 53.4 Å². The number of likely N-dealkylation sites (tertiary alicyclic amines) is 1. The molecule has 1 fully saturated rings. The van der Waals surface area contributed by atoms with E-state index in [1.54, 1.807) is 18.3 Å². The lowest BCUT2D eigenvalue weighted by Gasteiger charge is -2.40. The second kappa shape index (κ2) is 5.21. The van der Waals surface area contributed by atoms with E-state index in [0.29, 0.717) is 5.92 Å². The highest BCUT2D eigenvalue weighted by atomic mass is 32.1. The lowest BCUT2D eigenvalue weighted by Crippen LogP contribution is -2.50. The molecule has 0 radical (unpaired) electrons. The maximum Gasteiger partial charge on any atom is 0.306 e. The third-order valence-electron chi connectivity index (χ3n) is 3.76. The van der Waals surface area contributed by atoms with Crippen LogP contribution in [-0.2, 0) is 16.8 Å². The number of rotatable bonds is 4. The fourth-order valence-electron chi connectivity index (χ4n) is 2.18. The van der Waals surface area contributed by atoms with Crippen LogP contribution in [0.4, 0.5) is 0 Å². The summed E-state index contributed by atoms with van der Waals surface area (Å²) in [6.07, 6.45) is 0. The Morgan fingerprint density at radius 2 is 2.21 bits per heavy atom. The molecule has 19 heavy (non-hydrogen) atoms. The minimum atomic E-state index is -0.686. The summed E-state index contributed by atoms with van der Waals surface area (Å²) < 4.78 is 0. The fraction of sp³-hybridized carbons (Fsp3) is 0.714. The Labute approximate surface area is 118 Å². The highest BCUT2D eigenvalue weighted by Crippen LogP contribution is 2.28. The van der Waals surface area contributed by atoms with Crippen molar-refractivity contribution < 1.29 is 9.90 Å². The van der Waals surface area contributed by atoms with Crippen LogP contribution in [0.15, 0.2) is 5.38 Å². The Hall–Kier alpha value is -0.940. The van der Waals surface area contributed by atoms with E-state index in [1.807, 2.05) is 0 Å². The third-order valence-corrected chi connectivity index (χ3v) is 4.59. The molecule has 4 nitrogen and oxygen atoms in total. The smallest absolute Gasteiger partial charge is 0.306 e. The zero-order chi connectivity index (χ0) is 14.2. The van der Waals surface area contributed by atoms with Crippen molar-refractivity contribution in [2.75, 3.05) is 13.1 Å². The first-order valence-corrected chi connectivity index (χ1v) is 7.55. The van der Waals surface area contributed by atoms with E-state index in [1.165, 1.54) is 0 Å². The highest BCUT2D eigenvalue weighted by molar-refractivity contribution is 7.09. The van der Waals surface area contributed by atoms with Crippen LogP contribution in [-0.4, -0.2) is 34.0 Å². The molecule has 0 aliphatic carbocycles. The van der Waals surface area contributed by atoms with E-state index >= 15 is 0 Å². The van der Waals surface area contributed by atoms with Crippen molar-refractivity contribution in [1.29, 1.82) is 0 Å². The van der Waals surface area contributed by atoms with Gasteiger partial charge in [0, 0.05) is 23.9 Å². The number of hydrogen-bond acceptors (Lipinski definition) is 4. The Morgan fingerprint density at radius 3 is 2.68 bits per heavy atom. The molecule has 0 aromatic carbocycles. The molecular weight excluding hydrogens is 260 g/mol. The van der Waals surface area contributed by atoms with Crippen LogP contribution >= 0.6 is 11.3 Å². The third kappa shape index (κ3) is 3.34. The van der Waals surface area contributed by atoms with Crippen molar-refractivity contribution in [2.45, 2.75) is 39.7 Å². The summed E-state index contributed by atoms with van der Waals surface area (Å²) in [5.74, 6) is -0.633. The molecule has 2 heterocycles. The Balaban J connectivity index is 1.85. The molecule has 1 aromatic heterocycles. The van der Waals surface area contributed by atoms with Crippen molar-refractivity contribution in [3.63, 3.8) is 0 Å². The van der Waals surface area contributed by atoms with Crippen LogP contribution in [0.25, 0.3) is 0 Å². The van der Waals surface area contributed by atoms with Crippen LogP contribution in [0, 0.1) is 11.8 Å². The van der Waals surface area contributed by atoms with Crippen LogP contribution in [0.2, 0.25) is 0 Å². The highest BCUT2D eigenvalue weighted by Gasteiger charge is 2.34. The normalized spacial score (nSPS) is 19.2. The molecule has 0 amide bonds. The summed E-state index contributed by atoms with van der Waals surface area (Å²) in [5, 5.41) is 12.2. The number of aliphatic carboxylic acids is 1. The summed E-state index contributed by atoms with van der Waals surface area (Å²) in [6.45, 7) is 10.9. The van der Waals surface area contributed by atoms with Gasteiger partial charge in [0.1, 0.15) is 5.01 Å². The van der Waals surface area contributed by atoms with Gasteiger partial charge < -0.3 is 5.11 Å². The SMILES string of the molecule is CC(C(=O)O)C1CN(Cc2nc(C(C)(C)C)cs2)C1. The second-order valence-electron chi connectivity index (χ2n) is 6.46. The lowest BCUT2D eigenvalue weighted by atomic mass is 9.87. The van der Waals surface area contributed by atoms with Gasteiger partial charge in [-0.2, -0.15) is 0 Å². The molecule has 1 aliphatic rings. The predicted molar refractivity (Wildman–Crippen MR) is 76.4 cm³/mol. The quantitative estimate of drug-likeness (QED) is 0.922. The first-order valence-electron chi connectivity index (χ1n) is 6.67. The average molecular weight is 282 g/mol. The Kier molecular flexibility index (Phi) is 3.97. The van der Waals surface area contributed by atoms with Crippen molar-refractivity contribution >= 4 is 17.3 Å². The average Bonchev–Trinajstić information content (AvgIpc) is 2.69. The van der Waals surface area contributed by atoms with Crippen molar-refractivity contribution in [1.82, 2.24) is 9.88 Å². The van der Waals surface area contributed by atoms with Crippen molar-refractivity contribution in [3.8, 4) is 0 Å². The number of thiazole rings is 1. The van der Waals surface area contributed by atoms with E-state index < -0.39 is 5.97 Å². The number of carboxylic acids is 1. The summed E-state index contributed by atoms with van der Waals surface area (Å²) in [6, 6.07) is 0. The van der Waals surface area contributed by atoms with Gasteiger partial charge in [0.05, 0.1) is 18.2 Å². The van der Waals surface area contributed by atoms with Gasteiger partial charge in [-0.15, -0.1) is 11.3 Å². The van der Waals surface area contributed by atoms with Crippen molar-refractivity contribution in [2.24, 2.45) is 11.8 Å². The summed E-state index contributed by atoms with van der Waals surface area (Å²) in [4.78, 5) is 17.8. The lowest BCUT2D eigenvalue weighted by molar-refractivity contribution is -0.145. The molecule has 1 aliphatic heterocycles. The number of nitrogens with zero attached hydrogens (tertiary/aromatic N) is 2. The molecule has 1 saturated heterocycles. The fourth-order valence-corrected chi connectivity index (χ4v) is 3.24. The molecule has 0 spiro atoms. The number of hydrogen-bond donors (Lipinski definition) is 1. The van der Waals surface area contributed by atoms with Crippen LogP contribution < -0.4 is 0 Å². The molecule has 1 N–H and O–H groups in total. The molecule has 1 aromatic rings. The molecule has 1 atom stereocenters. The maximum absolute atomic E-state index is 10.9. The zero-order valence-corrected chi connectivity index (χ0v) is 12.8. The van der Waals surface area contributed by atoms with Gasteiger partial charge in [-0.25, -0.2) is 4.98 Å². The molecule has 5 heteroatoms. The monoisotopic (exact) mass is 282 g/mol. The maximum atomic E-state index is 10.9. The molecular formula is C14H22N2O2S. The van der Waals surface area contributed by atoms with E-state index in [0.717, 1.165) is 30.3 Å². The molecule has 1 unspecified atom stereocenters. The summed E-state index contributed by atoms with van der Waals surface area (Å²) in [5.41, 5.74) is 1.24. The van der Waals surface area contributed by atoms with Crippen LogP contribution in [0.1, 0.15) is 38.4 Å². The first-order chi connectivity index (χ1) is 8.77. The van der Waals surface area contributed by atoms with Crippen LogP contribution in [0.5, 0.6) is 0 Å². The van der Waals surface area contributed by atoms with Gasteiger partial charge in [-0.3, -0.25) is 9.69 Å². The number of carbonyl (C=O) groups is 1. The second-order valence-corrected chi connectivity index (χ2v) is 7.40. The zero-order valence-electron chi connectivity index (χ0n) is 12.0. The molecule has 2 rings (SSSR count). The number of carboxylic acid groups (broad SMARTS) is 1. The van der Waals surface area contributed by atoms with E-state index in [9.17, 15) is 4.79 Å². The van der Waals surface area contributed by atoms with E-state index in [2.05, 4.69) is 36.0 Å². The largest absolute Gasteiger partial charge is 0.481 e. The predicted octanol–water partition coefficient (Wildman–Crippen LogP) is 2.59. The van der Waals surface area contributed by atoms with Crippen molar-refractivity contribution in [3.05, 3.63) is 16.1 Å². The Morgan fingerprint density at radius 1 is 1.58 bits per heavy atom. The minimum absolute atomic E-state index is 0.101. The molecule has 106 valence electrons. The standard InChI is InChI=1S/C14H22N2O2S/c1-9(13(17)18)10-5-16(6-10)7-12-15-11(8-19-12)14(2,3)4/h8-10H,5-7H2,1-4H3,(H,17,18). The summed E-state index contributed by atoms with van der Waals surface area (Å²) in [7, 11) is 0. The number of aromatic nitrogens is 1. The minimum Gasteiger partial charge on any atom is -0.481 e. The van der Waals surface area contributed by atoms with Crippen LogP contribution in [0.3, 0.4) is 0 Å². The van der Waals surface area contributed by atoms with Gasteiger partial charge in [-0.05, 0) is 5.92 Å². The Bertz CT molecular complexity index is 458. The first kappa shape index (κ1) is 14.5. The van der Waals surface area contributed by atoms with Gasteiger partial charge in [0.25, 0.3) is 0 Å². The van der Waals surface area contributed by atoms with Gasteiger partial charge >= 0.3 is 5.97 Å². The van der Waals surface area contributed by atoms with E-state index in [4.69, 9.17) is 5.11 Å². The molecule has 0 saturated carbocycles. The van der Waals surface area contributed by atoms with Gasteiger partial charge in [-0.1, -0.05) is 27.7 Å². The molecule has 0 bridgehead atoms. The van der Waals surface area contributed by atoms with E-state index in [-0.39, 0.29) is 11.3 Å². The summed E-state index contributed by atoms with van der Waals surface area (Å²) >= 11 is 1.70.